The summed E-state index contributed by atoms with van der Waals surface area (Å²) >= 11 is 0. The molecule has 0 aliphatic heterocycles. The zero-order chi connectivity index (χ0) is 27.5. The van der Waals surface area contributed by atoms with Crippen molar-refractivity contribution in [2.24, 2.45) is 0 Å². The van der Waals surface area contributed by atoms with Crippen LogP contribution in [0.3, 0.4) is 0 Å². The third kappa shape index (κ3) is 14.6. The molecule has 0 radical (unpaired) electrons. The van der Waals surface area contributed by atoms with E-state index in [1.54, 1.807) is 0 Å². The van der Waals surface area contributed by atoms with E-state index in [4.69, 9.17) is 9.47 Å². The van der Waals surface area contributed by atoms with Crippen molar-refractivity contribution in [1.82, 2.24) is 0 Å². The van der Waals surface area contributed by atoms with Gasteiger partial charge in [-0.2, -0.15) is 0 Å². The Morgan fingerprint density at radius 1 is 0.737 bits per heavy atom. The molecule has 0 bridgehead atoms. The highest BCUT2D eigenvalue weighted by atomic mass is 16.7. The lowest BCUT2D eigenvalue weighted by Gasteiger charge is -2.29. The van der Waals surface area contributed by atoms with Crippen LogP contribution >= 0.6 is 0 Å². The van der Waals surface area contributed by atoms with Gasteiger partial charge in [0.25, 0.3) is 0 Å². The maximum absolute atomic E-state index is 12.7. The number of esters is 1. The molecule has 4 nitrogen and oxygen atoms in total. The number of aryl methyl sites for hydroxylation is 1. The van der Waals surface area contributed by atoms with Gasteiger partial charge in [-0.25, -0.2) is 4.79 Å². The molecule has 2 aromatic carbocycles. The SMILES string of the molecule is CCCCCCCCCCCCCCc1cccc(OC(CC)OC(=O)C[N+](C)(C)Cc2ccccc2)c1. The molecule has 0 aromatic heterocycles. The summed E-state index contributed by atoms with van der Waals surface area (Å²) in [5, 5.41) is 0. The molecule has 38 heavy (non-hydrogen) atoms. The molecule has 2 rings (SSSR count). The Labute approximate surface area is 233 Å². The van der Waals surface area contributed by atoms with E-state index in [1.807, 2.05) is 37.3 Å². The minimum Gasteiger partial charge on any atom is -0.455 e. The van der Waals surface area contributed by atoms with Crippen LogP contribution in [0.1, 0.15) is 108 Å². The maximum Gasteiger partial charge on any atom is 0.364 e. The molecule has 0 saturated heterocycles. The number of hydrogen-bond acceptors (Lipinski definition) is 3. The molecule has 212 valence electrons. The molecule has 1 unspecified atom stereocenters. The number of unbranched alkanes of at least 4 members (excludes halogenated alkanes) is 11. The lowest BCUT2D eigenvalue weighted by Crippen LogP contribution is -2.44. The van der Waals surface area contributed by atoms with Crippen LogP contribution in [0.4, 0.5) is 0 Å². The molecule has 0 aliphatic carbocycles. The summed E-state index contributed by atoms with van der Waals surface area (Å²) in [6.45, 7) is 5.34. The fourth-order valence-corrected chi connectivity index (χ4v) is 4.95. The monoisotopic (exact) mass is 524 g/mol. The maximum atomic E-state index is 12.7. The van der Waals surface area contributed by atoms with Gasteiger partial charge in [0, 0.05) is 12.0 Å². The number of rotatable bonds is 21. The van der Waals surface area contributed by atoms with E-state index in [-0.39, 0.29) is 5.97 Å². The van der Waals surface area contributed by atoms with E-state index >= 15 is 0 Å². The smallest absolute Gasteiger partial charge is 0.364 e. The van der Waals surface area contributed by atoms with Gasteiger partial charge >= 0.3 is 5.97 Å². The fraction of sp³-hybridized carbons (Fsp3) is 0.618. The van der Waals surface area contributed by atoms with Crippen LogP contribution in [0, 0.1) is 0 Å². The molecule has 0 aliphatic rings. The predicted molar refractivity (Wildman–Crippen MR) is 159 cm³/mol. The van der Waals surface area contributed by atoms with Crippen molar-refractivity contribution < 1.29 is 18.8 Å². The van der Waals surface area contributed by atoms with Crippen LogP contribution in [-0.4, -0.2) is 37.4 Å². The van der Waals surface area contributed by atoms with Gasteiger partial charge in [-0.1, -0.05) is 127 Å². The zero-order valence-electron chi connectivity index (χ0n) is 24.8. The molecular weight excluding hydrogens is 470 g/mol. The number of hydrogen-bond donors (Lipinski definition) is 0. The molecular formula is C34H54NO3+. The van der Waals surface area contributed by atoms with Crippen molar-refractivity contribution in [3.8, 4) is 5.75 Å². The van der Waals surface area contributed by atoms with Gasteiger partial charge in [-0.3, -0.25) is 0 Å². The summed E-state index contributed by atoms with van der Waals surface area (Å²) in [7, 11) is 4.10. The van der Waals surface area contributed by atoms with Crippen molar-refractivity contribution in [2.75, 3.05) is 20.6 Å². The Morgan fingerprint density at radius 2 is 1.32 bits per heavy atom. The Bertz CT molecular complexity index is 880. The topological polar surface area (TPSA) is 35.5 Å². The van der Waals surface area contributed by atoms with E-state index in [2.05, 4.69) is 45.3 Å². The second kappa shape index (κ2) is 18.8. The third-order valence-corrected chi connectivity index (χ3v) is 7.09. The average molecular weight is 525 g/mol. The number of nitrogens with zero attached hydrogens (tertiary/aromatic N) is 1. The van der Waals surface area contributed by atoms with Gasteiger partial charge < -0.3 is 14.0 Å². The number of quaternary nitrogens is 1. The van der Waals surface area contributed by atoms with Gasteiger partial charge in [0.2, 0.25) is 6.29 Å². The van der Waals surface area contributed by atoms with Gasteiger partial charge in [0.15, 0.2) is 6.54 Å². The highest BCUT2D eigenvalue weighted by molar-refractivity contribution is 5.70. The van der Waals surface area contributed by atoms with Crippen molar-refractivity contribution in [3.63, 3.8) is 0 Å². The zero-order valence-corrected chi connectivity index (χ0v) is 24.8. The molecule has 2 aromatic rings. The first-order valence-electron chi connectivity index (χ1n) is 15.2. The Morgan fingerprint density at radius 3 is 1.92 bits per heavy atom. The normalized spacial score (nSPS) is 12.3. The lowest BCUT2D eigenvalue weighted by molar-refractivity contribution is -0.896. The van der Waals surface area contributed by atoms with Crippen LogP contribution in [-0.2, 0) is 22.5 Å². The number of benzene rings is 2. The minimum atomic E-state index is -0.568. The van der Waals surface area contributed by atoms with Crippen LogP contribution in [0.15, 0.2) is 54.6 Å². The van der Waals surface area contributed by atoms with E-state index in [1.165, 1.54) is 88.2 Å². The summed E-state index contributed by atoms with van der Waals surface area (Å²) in [5.41, 5.74) is 2.50. The molecule has 0 heterocycles. The number of ether oxygens (including phenoxy) is 2. The summed E-state index contributed by atoms with van der Waals surface area (Å²) in [6, 6.07) is 18.5. The summed E-state index contributed by atoms with van der Waals surface area (Å²) in [5.74, 6) is 0.546. The van der Waals surface area contributed by atoms with Crippen molar-refractivity contribution in [2.45, 2.75) is 117 Å². The molecule has 0 amide bonds. The standard InChI is InChI=1S/C34H54NO3/c1-5-7-8-9-10-11-12-13-14-15-16-18-22-30-25-21-26-32(27-30)37-34(6-2)38-33(36)29-35(3,4)28-31-23-19-17-20-24-31/h17,19-21,23-27,34H,5-16,18,22,28-29H2,1-4H3/q+1. The molecule has 0 saturated carbocycles. The van der Waals surface area contributed by atoms with Crippen molar-refractivity contribution in [1.29, 1.82) is 0 Å². The Balaban J connectivity index is 1.65. The highest BCUT2D eigenvalue weighted by Gasteiger charge is 2.24. The first-order chi connectivity index (χ1) is 18.4. The second-order valence-corrected chi connectivity index (χ2v) is 11.5. The summed E-state index contributed by atoms with van der Waals surface area (Å²) < 4.78 is 12.3. The van der Waals surface area contributed by atoms with E-state index in [9.17, 15) is 4.79 Å². The Kier molecular flexibility index (Phi) is 15.8. The van der Waals surface area contributed by atoms with Gasteiger partial charge in [0.1, 0.15) is 12.3 Å². The van der Waals surface area contributed by atoms with Crippen LogP contribution in [0.2, 0.25) is 0 Å². The van der Waals surface area contributed by atoms with Crippen molar-refractivity contribution in [3.05, 3.63) is 65.7 Å². The Hall–Kier alpha value is -2.33. The summed E-state index contributed by atoms with van der Waals surface area (Å²) in [4.78, 5) is 12.7. The molecule has 1 atom stereocenters. The van der Waals surface area contributed by atoms with Crippen LogP contribution in [0.5, 0.6) is 5.75 Å². The predicted octanol–water partition coefficient (Wildman–Crippen LogP) is 8.86. The highest BCUT2D eigenvalue weighted by Crippen LogP contribution is 2.20. The minimum absolute atomic E-state index is 0.231. The largest absolute Gasteiger partial charge is 0.455 e. The average Bonchev–Trinajstić information content (AvgIpc) is 2.89. The molecule has 0 spiro atoms. The lowest BCUT2D eigenvalue weighted by atomic mass is 10.0. The van der Waals surface area contributed by atoms with Crippen LogP contribution < -0.4 is 4.74 Å². The van der Waals surface area contributed by atoms with Crippen molar-refractivity contribution >= 4 is 5.97 Å². The quantitative estimate of drug-likeness (QED) is 0.0708. The molecule has 4 heteroatoms. The first-order valence-corrected chi connectivity index (χ1v) is 15.2. The number of carbonyl (C=O) groups excluding carboxylic acids is 1. The number of likely N-dealkylation sites (N-methyl/N-ethyl adjacent to an activating group) is 1. The molecule has 0 N–H and O–H groups in total. The first kappa shape index (κ1) is 31.9. The van der Waals surface area contributed by atoms with Gasteiger partial charge in [0.05, 0.1) is 14.1 Å². The van der Waals surface area contributed by atoms with Crippen LogP contribution in [0.25, 0.3) is 0 Å². The van der Waals surface area contributed by atoms with E-state index in [0.717, 1.165) is 18.7 Å². The second-order valence-electron chi connectivity index (χ2n) is 11.5. The fourth-order valence-electron chi connectivity index (χ4n) is 4.95. The van der Waals surface area contributed by atoms with Gasteiger partial charge in [-0.05, 0) is 30.5 Å². The number of carbonyl (C=O) groups is 1. The van der Waals surface area contributed by atoms with Gasteiger partial charge in [-0.15, -0.1) is 0 Å². The van der Waals surface area contributed by atoms with E-state index < -0.39 is 6.29 Å². The summed E-state index contributed by atoms with van der Waals surface area (Å²) in [6.07, 6.45) is 17.5. The molecule has 0 fully saturated rings. The van der Waals surface area contributed by atoms with E-state index in [0.29, 0.717) is 17.4 Å². The third-order valence-electron chi connectivity index (χ3n) is 7.09.